The molecule has 1 heterocycles. The third-order valence-electron chi connectivity index (χ3n) is 3.01. The van der Waals surface area contributed by atoms with Gasteiger partial charge in [0, 0.05) is 29.3 Å². The number of nitrogens with zero attached hydrogens (tertiary/aromatic N) is 1. The van der Waals surface area contributed by atoms with Gasteiger partial charge in [-0.25, -0.2) is 4.98 Å². The van der Waals surface area contributed by atoms with Gasteiger partial charge in [0.05, 0.1) is 0 Å². The summed E-state index contributed by atoms with van der Waals surface area (Å²) in [5.41, 5.74) is 1.20. The maximum atomic E-state index is 4.44. The van der Waals surface area contributed by atoms with Crippen LogP contribution in [0.15, 0.2) is 16.7 Å². The zero-order valence-electron chi connectivity index (χ0n) is 10.9. The number of hydrogen-bond donors (Lipinski definition) is 2. The van der Waals surface area contributed by atoms with E-state index >= 15 is 0 Å². The maximum Gasteiger partial charge on any atom is 0.130 e. The quantitative estimate of drug-likeness (QED) is 0.810. The second-order valence-corrected chi connectivity index (χ2v) is 5.17. The fraction of sp³-hybridized carbons (Fsp3) is 0.615. The molecule has 0 spiro atoms. The highest BCUT2D eigenvalue weighted by Gasteiger charge is 2.07. The predicted molar refractivity (Wildman–Crippen MR) is 77.3 cm³/mol. The second kappa shape index (κ2) is 7.67. The Hall–Kier alpha value is -0.610. The van der Waals surface area contributed by atoms with Gasteiger partial charge in [-0.05, 0) is 35.0 Å². The van der Waals surface area contributed by atoms with Gasteiger partial charge < -0.3 is 10.6 Å². The summed E-state index contributed by atoms with van der Waals surface area (Å²) in [7, 11) is 1.95. The standard InChI is InChI=1S/C13H22BrN3/c1-4-10(5-2)7-16-13-11(8-15-3)6-12(14)9-17-13/h6,9-10,15H,4-5,7-8H2,1-3H3,(H,16,17). The van der Waals surface area contributed by atoms with Gasteiger partial charge in [0.25, 0.3) is 0 Å². The average Bonchev–Trinajstić information content (AvgIpc) is 2.33. The van der Waals surface area contributed by atoms with E-state index in [1.54, 1.807) is 0 Å². The lowest BCUT2D eigenvalue weighted by Crippen LogP contribution is -2.16. The van der Waals surface area contributed by atoms with E-state index in [2.05, 4.69) is 51.5 Å². The van der Waals surface area contributed by atoms with Crippen molar-refractivity contribution in [3.8, 4) is 0 Å². The highest BCUT2D eigenvalue weighted by molar-refractivity contribution is 9.10. The second-order valence-electron chi connectivity index (χ2n) is 4.26. The van der Waals surface area contributed by atoms with Gasteiger partial charge in [-0.3, -0.25) is 0 Å². The van der Waals surface area contributed by atoms with Crippen LogP contribution < -0.4 is 10.6 Å². The van der Waals surface area contributed by atoms with Gasteiger partial charge in [-0.1, -0.05) is 26.7 Å². The molecule has 0 saturated heterocycles. The highest BCUT2D eigenvalue weighted by atomic mass is 79.9. The Labute approximate surface area is 113 Å². The first-order valence-corrected chi connectivity index (χ1v) is 7.03. The van der Waals surface area contributed by atoms with E-state index in [1.165, 1.54) is 18.4 Å². The number of pyridine rings is 1. The van der Waals surface area contributed by atoms with Crippen molar-refractivity contribution >= 4 is 21.7 Å². The van der Waals surface area contributed by atoms with Crippen molar-refractivity contribution in [2.24, 2.45) is 5.92 Å². The summed E-state index contributed by atoms with van der Waals surface area (Å²) in [6.07, 6.45) is 4.26. The van der Waals surface area contributed by atoms with E-state index in [1.807, 2.05) is 13.2 Å². The third-order valence-corrected chi connectivity index (χ3v) is 3.45. The molecular weight excluding hydrogens is 278 g/mol. The molecular formula is C13H22BrN3. The Morgan fingerprint density at radius 1 is 1.35 bits per heavy atom. The van der Waals surface area contributed by atoms with Crippen molar-refractivity contribution in [2.45, 2.75) is 33.2 Å². The van der Waals surface area contributed by atoms with Crippen LogP contribution in [-0.2, 0) is 6.54 Å². The lowest BCUT2D eigenvalue weighted by molar-refractivity contribution is 0.518. The molecule has 0 amide bonds. The van der Waals surface area contributed by atoms with Crippen LogP contribution in [0, 0.1) is 5.92 Å². The molecule has 2 N–H and O–H groups in total. The van der Waals surface area contributed by atoms with Crippen molar-refractivity contribution < 1.29 is 0 Å². The molecule has 0 bridgehead atoms. The maximum absolute atomic E-state index is 4.44. The van der Waals surface area contributed by atoms with Crippen molar-refractivity contribution in [1.29, 1.82) is 0 Å². The molecule has 1 rings (SSSR count). The molecule has 17 heavy (non-hydrogen) atoms. The normalized spacial score (nSPS) is 10.9. The summed E-state index contributed by atoms with van der Waals surface area (Å²) in [5, 5.41) is 6.62. The van der Waals surface area contributed by atoms with E-state index in [0.29, 0.717) is 0 Å². The van der Waals surface area contributed by atoms with Crippen molar-refractivity contribution in [2.75, 3.05) is 18.9 Å². The minimum absolute atomic E-state index is 0.725. The SMILES string of the molecule is CCC(CC)CNc1ncc(Br)cc1CNC. The molecule has 0 aliphatic rings. The molecule has 4 heteroatoms. The first-order chi connectivity index (χ1) is 8.21. The molecule has 0 aliphatic carbocycles. The monoisotopic (exact) mass is 299 g/mol. The minimum atomic E-state index is 0.725. The van der Waals surface area contributed by atoms with Crippen LogP contribution in [-0.4, -0.2) is 18.6 Å². The molecule has 0 atom stereocenters. The summed E-state index contributed by atoms with van der Waals surface area (Å²) in [4.78, 5) is 4.44. The van der Waals surface area contributed by atoms with Crippen LogP contribution >= 0.6 is 15.9 Å². The van der Waals surface area contributed by atoms with Crippen molar-refractivity contribution in [3.05, 3.63) is 22.3 Å². The molecule has 1 aromatic rings. The van der Waals surface area contributed by atoms with Crippen LogP contribution in [0.4, 0.5) is 5.82 Å². The van der Waals surface area contributed by atoms with E-state index in [-0.39, 0.29) is 0 Å². The first kappa shape index (κ1) is 14.5. The zero-order valence-corrected chi connectivity index (χ0v) is 12.5. The third kappa shape index (κ3) is 4.64. The Balaban J connectivity index is 2.68. The molecule has 0 unspecified atom stereocenters. The van der Waals surface area contributed by atoms with E-state index in [0.717, 1.165) is 29.3 Å². The Kier molecular flexibility index (Phi) is 6.52. The van der Waals surface area contributed by atoms with Gasteiger partial charge >= 0.3 is 0 Å². The van der Waals surface area contributed by atoms with E-state index < -0.39 is 0 Å². The van der Waals surface area contributed by atoms with Gasteiger partial charge in [0.15, 0.2) is 0 Å². The van der Waals surface area contributed by atoms with Crippen LogP contribution in [0.5, 0.6) is 0 Å². The van der Waals surface area contributed by atoms with Crippen LogP contribution in [0.2, 0.25) is 0 Å². The molecule has 0 saturated carbocycles. The fourth-order valence-corrected chi connectivity index (χ4v) is 2.16. The fourth-order valence-electron chi connectivity index (χ4n) is 1.78. The molecule has 3 nitrogen and oxygen atoms in total. The molecule has 0 fully saturated rings. The van der Waals surface area contributed by atoms with Gasteiger partial charge in [0.1, 0.15) is 5.82 Å². The predicted octanol–water partition coefficient (Wildman–Crippen LogP) is 3.41. The Morgan fingerprint density at radius 3 is 2.65 bits per heavy atom. The van der Waals surface area contributed by atoms with Gasteiger partial charge in [-0.2, -0.15) is 0 Å². The number of nitrogens with one attached hydrogen (secondary N) is 2. The largest absolute Gasteiger partial charge is 0.370 e. The number of hydrogen-bond acceptors (Lipinski definition) is 3. The topological polar surface area (TPSA) is 37.0 Å². The summed E-state index contributed by atoms with van der Waals surface area (Å²) in [6, 6.07) is 2.11. The number of anilines is 1. The smallest absolute Gasteiger partial charge is 0.130 e. The Morgan fingerprint density at radius 2 is 2.06 bits per heavy atom. The van der Waals surface area contributed by atoms with Crippen molar-refractivity contribution in [1.82, 2.24) is 10.3 Å². The van der Waals surface area contributed by atoms with Crippen LogP contribution in [0.1, 0.15) is 32.3 Å². The molecule has 96 valence electrons. The zero-order chi connectivity index (χ0) is 12.7. The van der Waals surface area contributed by atoms with Gasteiger partial charge in [-0.15, -0.1) is 0 Å². The summed E-state index contributed by atoms with van der Waals surface area (Å²) in [6.45, 7) is 6.30. The van der Waals surface area contributed by atoms with E-state index in [4.69, 9.17) is 0 Å². The average molecular weight is 300 g/mol. The van der Waals surface area contributed by atoms with Crippen LogP contribution in [0.25, 0.3) is 0 Å². The molecule has 1 aromatic heterocycles. The number of aromatic nitrogens is 1. The lowest BCUT2D eigenvalue weighted by Gasteiger charge is -2.16. The molecule has 0 aromatic carbocycles. The van der Waals surface area contributed by atoms with Gasteiger partial charge in [0.2, 0.25) is 0 Å². The van der Waals surface area contributed by atoms with Crippen LogP contribution in [0.3, 0.4) is 0 Å². The Bertz CT molecular complexity index is 337. The minimum Gasteiger partial charge on any atom is -0.370 e. The summed E-state index contributed by atoms with van der Waals surface area (Å²) in [5.74, 6) is 1.72. The molecule has 0 radical (unpaired) electrons. The summed E-state index contributed by atoms with van der Waals surface area (Å²) < 4.78 is 1.02. The highest BCUT2D eigenvalue weighted by Crippen LogP contribution is 2.19. The number of halogens is 1. The lowest BCUT2D eigenvalue weighted by atomic mass is 10.0. The first-order valence-electron chi connectivity index (χ1n) is 6.24. The van der Waals surface area contributed by atoms with E-state index in [9.17, 15) is 0 Å². The number of rotatable bonds is 7. The molecule has 0 aliphatic heterocycles. The summed E-state index contributed by atoms with van der Waals surface area (Å²) >= 11 is 3.46. The van der Waals surface area contributed by atoms with Crippen molar-refractivity contribution in [3.63, 3.8) is 0 Å².